The van der Waals surface area contributed by atoms with Gasteiger partial charge in [-0.15, -0.1) is 0 Å². The van der Waals surface area contributed by atoms with Crippen LogP contribution in [0, 0.1) is 6.92 Å². The van der Waals surface area contributed by atoms with Crippen molar-refractivity contribution < 1.29 is 14.3 Å². The van der Waals surface area contributed by atoms with E-state index in [9.17, 15) is 9.90 Å². The molecular weight excluding hydrogens is 244 g/mol. The van der Waals surface area contributed by atoms with E-state index in [2.05, 4.69) is 0 Å². The first-order chi connectivity index (χ1) is 8.99. The van der Waals surface area contributed by atoms with E-state index in [1.807, 2.05) is 13.0 Å². The van der Waals surface area contributed by atoms with Crippen molar-refractivity contribution in [2.24, 2.45) is 0 Å². The van der Waals surface area contributed by atoms with Crippen LogP contribution in [0.1, 0.15) is 21.7 Å². The molecule has 1 aromatic carbocycles. The predicted octanol–water partition coefficient (Wildman–Crippen LogP) is 2.15. The number of phenolic OH excluding ortho intramolecular Hbond substituents is 1. The van der Waals surface area contributed by atoms with Crippen LogP contribution in [0.3, 0.4) is 0 Å². The first kappa shape index (κ1) is 13.0. The van der Waals surface area contributed by atoms with E-state index >= 15 is 0 Å². The Kier molecular flexibility index (Phi) is 3.46. The Labute approximate surface area is 111 Å². The second-order valence-electron chi connectivity index (χ2n) is 4.44. The quantitative estimate of drug-likeness (QED) is 0.654. The molecule has 2 rings (SSSR count). The maximum absolute atomic E-state index is 12.2. The van der Waals surface area contributed by atoms with E-state index in [1.165, 1.54) is 12.1 Å². The van der Waals surface area contributed by atoms with E-state index in [0.717, 1.165) is 11.3 Å². The number of anilines is 1. The Bertz CT molecular complexity index is 604. The Hall–Kier alpha value is -2.43. The van der Waals surface area contributed by atoms with Gasteiger partial charge in [-0.3, -0.25) is 4.79 Å². The van der Waals surface area contributed by atoms with Crippen LogP contribution in [0.25, 0.3) is 0 Å². The van der Waals surface area contributed by atoms with Crippen LogP contribution in [-0.2, 0) is 6.54 Å². The topological polar surface area (TPSA) is 79.7 Å². The Morgan fingerprint density at radius 3 is 2.74 bits per heavy atom. The summed E-state index contributed by atoms with van der Waals surface area (Å²) in [6.45, 7) is 2.30. The highest BCUT2D eigenvalue weighted by Gasteiger charge is 2.15. The number of nitrogens with two attached hydrogens (primary N) is 1. The number of nitrogen functional groups attached to an aromatic ring is 1. The lowest BCUT2D eigenvalue weighted by atomic mass is 10.1. The fraction of sp³-hybridized carbons (Fsp3) is 0.214. The van der Waals surface area contributed by atoms with E-state index < -0.39 is 0 Å². The van der Waals surface area contributed by atoms with Gasteiger partial charge in [0.05, 0.1) is 12.0 Å². The minimum atomic E-state index is -0.184. The summed E-state index contributed by atoms with van der Waals surface area (Å²) in [5.41, 5.74) is 7.11. The number of carbonyl (C=O) groups excluding carboxylic acids is 1. The third-order valence-electron chi connectivity index (χ3n) is 3.00. The van der Waals surface area contributed by atoms with Gasteiger partial charge in [0.25, 0.3) is 5.91 Å². The van der Waals surface area contributed by atoms with E-state index in [-0.39, 0.29) is 17.3 Å². The summed E-state index contributed by atoms with van der Waals surface area (Å²) in [5.74, 6) is 0.523. The minimum absolute atomic E-state index is 0.0845. The fourth-order valence-electron chi connectivity index (χ4n) is 1.80. The summed E-state index contributed by atoms with van der Waals surface area (Å²) >= 11 is 0. The highest BCUT2D eigenvalue weighted by molar-refractivity contribution is 5.95. The van der Waals surface area contributed by atoms with Crippen LogP contribution in [0.2, 0.25) is 0 Å². The van der Waals surface area contributed by atoms with Gasteiger partial charge in [-0.25, -0.2) is 0 Å². The lowest BCUT2D eigenvalue weighted by molar-refractivity contribution is 0.0784. The lowest BCUT2D eigenvalue weighted by Gasteiger charge is -2.17. The van der Waals surface area contributed by atoms with Crippen molar-refractivity contribution in [3.05, 3.63) is 47.4 Å². The predicted molar refractivity (Wildman–Crippen MR) is 71.8 cm³/mol. The van der Waals surface area contributed by atoms with Crippen molar-refractivity contribution in [2.75, 3.05) is 12.8 Å². The molecule has 0 aliphatic carbocycles. The Morgan fingerprint density at radius 1 is 1.42 bits per heavy atom. The maximum Gasteiger partial charge on any atom is 0.254 e. The summed E-state index contributed by atoms with van der Waals surface area (Å²) in [4.78, 5) is 13.7. The Balaban J connectivity index is 2.15. The maximum atomic E-state index is 12.2. The van der Waals surface area contributed by atoms with Gasteiger partial charge in [0, 0.05) is 24.7 Å². The van der Waals surface area contributed by atoms with Crippen molar-refractivity contribution >= 4 is 11.6 Å². The molecule has 19 heavy (non-hydrogen) atoms. The van der Waals surface area contributed by atoms with E-state index in [0.29, 0.717) is 12.1 Å². The van der Waals surface area contributed by atoms with Gasteiger partial charge in [-0.2, -0.15) is 0 Å². The molecular formula is C14H16N2O3. The van der Waals surface area contributed by atoms with Crippen LogP contribution in [0.15, 0.2) is 34.9 Å². The average Bonchev–Trinajstić information content (AvgIpc) is 2.77. The summed E-state index contributed by atoms with van der Waals surface area (Å²) in [6, 6.07) is 6.31. The smallest absolute Gasteiger partial charge is 0.254 e. The SMILES string of the molecule is Cc1occc1CN(C)C(=O)c1ccc(N)c(O)c1. The molecule has 1 heterocycles. The zero-order chi connectivity index (χ0) is 14.0. The van der Waals surface area contributed by atoms with Crippen molar-refractivity contribution in [3.8, 4) is 5.75 Å². The number of hydrogen-bond acceptors (Lipinski definition) is 4. The molecule has 1 amide bonds. The number of carbonyl (C=O) groups is 1. The summed E-state index contributed by atoms with van der Waals surface area (Å²) < 4.78 is 5.19. The molecule has 0 aliphatic rings. The monoisotopic (exact) mass is 260 g/mol. The molecule has 5 nitrogen and oxygen atoms in total. The number of aromatic hydroxyl groups is 1. The molecule has 3 N–H and O–H groups in total. The van der Waals surface area contributed by atoms with Crippen LogP contribution in [0.5, 0.6) is 5.75 Å². The summed E-state index contributed by atoms with van der Waals surface area (Å²) in [7, 11) is 1.70. The first-order valence-corrected chi connectivity index (χ1v) is 5.86. The van der Waals surface area contributed by atoms with Crippen LogP contribution in [0.4, 0.5) is 5.69 Å². The highest BCUT2D eigenvalue weighted by atomic mass is 16.3. The number of phenols is 1. The second kappa shape index (κ2) is 5.06. The van der Waals surface area contributed by atoms with Gasteiger partial charge in [0.2, 0.25) is 0 Å². The number of benzene rings is 1. The third kappa shape index (κ3) is 2.70. The molecule has 0 unspecified atom stereocenters. The van der Waals surface area contributed by atoms with Gasteiger partial charge in [-0.1, -0.05) is 0 Å². The van der Waals surface area contributed by atoms with Gasteiger partial charge < -0.3 is 20.2 Å². The number of rotatable bonds is 3. The van der Waals surface area contributed by atoms with Crippen molar-refractivity contribution in [2.45, 2.75) is 13.5 Å². The largest absolute Gasteiger partial charge is 0.506 e. The number of furan rings is 1. The molecule has 0 aliphatic heterocycles. The molecule has 0 radical (unpaired) electrons. The molecule has 100 valence electrons. The lowest BCUT2D eigenvalue weighted by Crippen LogP contribution is -2.26. The third-order valence-corrected chi connectivity index (χ3v) is 3.00. The highest BCUT2D eigenvalue weighted by Crippen LogP contribution is 2.22. The van der Waals surface area contributed by atoms with Crippen molar-refractivity contribution in [1.29, 1.82) is 0 Å². The average molecular weight is 260 g/mol. The number of aryl methyl sites for hydroxylation is 1. The normalized spacial score (nSPS) is 10.4. The Morgan fingerprint density at radius 2 is 2.16 bits per heavy atom. The molecule has 0 bridgehead atoms. The molecule has 5 heteroatoms. The van der Waals surface area contributed by atoms with Gasteiger partial charge in [0.15, 0.2) is 0 Å². The minimum Gasteiger partial charge on any atom is -0.506 e. The fourth-order valence-corrected chi connectivity index (χ4v) is 1.80. The van der Waals surface area contributed by atoms with Gasteiger partial charge in [0.1, 0.15) is 11.5 Å². The number of amides is 1. The second-order valence-corrected chi connectivity index (χ2v) is 4.44. The molecule has 0 spiro atoms. The number of hydrogen-bond donors (Lipinski definition) is 2. The van der Waals surface area contributed by atoms with Gasteiger partial charge >= 0.3 is 0 Å². The van der Waals surface area contributed by atoms with E-state index in [1.54, 1.807) is 24.3 Å². The first-order valence-electron chi connectivity index (χ1n) is 5.86. The van der Waals surface area contributed by atoms with Crippen LogP contribution < -0.4 is 5.73 Å². The zero-order valence-electron chi connectivity index (χ0n) is 10.9. The summed E-state index contributed by atoms with van der Waals surface area (Å²) in [6.07, 6.45) is 1.60. The van der Waals surface area contributed by atoms with E-state index in [4.69, 9.17) is 10.2 Å². The molecule has 0 atom stereocenters. The molecule has 0 fully saturated rings. The van der Waals surface area contributed by atoms with Crippen LogP contribution in [-0.4, -0.2) is 23.0 Å². The molecule has 2 aromatic rings. The molecule has 1 aromatic heterocycles. The molecule has 0 saturated heterocycles. The zero-order valence-corrected chi connectivity index (χ0v) is 10.9. The summed E-state index contributed by atoms with van der Waals surface area (Å²) in [5, 5.41) is 9.52. The standard InChI is InChI=1S/C14H16N2O3/c1-9-11(5-6-19-9)8-16(2)14(18)10-3-4-12(15)13(17)7-10/h3-7,17H,8,15H2,1-2H3. The van der Waals surface area contributed by atoms with Gasteiger partial charge in [-0.05, 0) is 31.2 Å². The van der Waals surface area contributed by atoms with Crippen LogP contribution >= 0.6 is 0 Å². The van der Waals surface area contributed by atoms with Crippen molar-refractivity contribution in [3.63, 3.8) is 0 Å². The number of nitrogens with zero attached hydrogens (tertiary/aromatic N) is 1. The van der Waals surface area contributed by atoms with Crippen molar-refractivity contribution in [1.82, 2.24) is 4.90 Å². The molecule has 0 saturated carbocycles.